The van der Waals surface area contributed by atoms with E-state index in [-0.39, 0.29) is 0 Å². The minimum absolute atomic E-state index is 0.308. The summed E-state index contributed by atoms with van der Waals surface area (Å²) in [6, 6.07) is 4.89. The van der Waals surface area contributed by atoms with E-state index in [9.17, 15) is 9.59 Å². The van der Waals surface area contributed by atoms with Crippen LogP contribution < -0.4 is 16.8 Å². The molecule has 0 saturated carbocycles. The van der Waals surface area contributed by atoms with Crippen molar-refractivity contribution in [3.63, 3.8) is 0 Å². The van der Waals surface area contributed by atoms with Crippen LogP contribution in [0.25, 0.3) is 0 Å². The number of anilines is 1. The third kappa shape index (κ3) is 3.20. The average molecular weight is 300 g/mol. The monoisotopic (exact) mass is 299 g/mol. The molecule has 0 saturated heterocycles. The zero-order valence-corrected chi connectivity index (χ0v) is 11.2. The van der Waals surface area contributed by atoms with Crippen molar-refractivity contribution in [2.24, 2.45) is 5.73 Å². The Bertz CT molecular complexity index is 472. The maximum Gasteiger partial charge on any atom is 0.254 e. The number of halogens is 1. The van der Waals surface area contributed by atoms with Crippen molar-refractivity contribution in [2.75, 3.05) is 5.73 Å². The molecule has 5 N–H and O–H groups in total. The van der Waals surface area contributed by atoms with E-state index in [2.05, 4.69) is 21.2 Å². The zero-order valence-electron chi connectivity index (χ0n) is 9.58. The van der Waals surface area contributed by atoms with Gasteiger partial charge in [0.25, 0.3) is 5.91 Å². The highest BCUT2D eigenvalue weighted by molar-refractivity contribution is 9.10. The van der Waals surface area contributed by atoms with Crippen LogP contribution in [0.2, 0.25) is 0 Å². The van der Waals surface area contributed by atoms with Gasteiger partial charge in [-0.15, -0.1) is 0 Å². The topological polar surface area (TPSA) is 98.2 Å². The number of amides is 2. The smallest absolute Gasteiger partial charge is 0.254 e. The van der Waals surface area contributed by atoms with Gasteiger partial charge >= 0.3 is 0 Å². The second kappa shape index (κ2) is 4.75. The van der Waals surface area contributed by atoms with E-state index in [4.69, 9.17) is 11.5 Å². The molecular weight excluding hydrogens is 286 g/mol. The molecule has 92 valence electrons. The van der Waals surface area contributed by atoms with Crippen molar-refractivity contribution in [1.29, 1.82) is 0 Å². The lowest BCUT2D eigenvalue weighted by atomic mass is 10.0. The summed E-state index contributed by atoms with van der Waals surface area (Å²) in [5.74, 6) is -1.04. The van der Waals surface area contributed by atoms with Gasteiger partial charge < -0.3 is 16.8 Å². The summed E-state index contributed by atoms with van der Waals surface area (Å²) >= 11 is 3.24. The summed E-state index contributed by atoms with van der Waals surface area (Å²) in [6.45, 7) is 3.06. The van der Waals surface area contributed by atoms with Gasteiger partial charge in [-0.05, 0) is 32.0 Å². The number of hydrogen-bond donors (Lipinski definition) is 3. The Balaban J connectivity index is 2.95. The molecule has 0 bridgehead atoms. The molecular formula is C11H14BrN3O2. The van der Waals surface area contributed by atoms with Gasteiger partial charge in [0, 0.05) is 10.2 Å². The van der Waals surface area contributed by atoms with Crippen molar-refractivity contribution in [3.8, 4) is 0 Å². The molecule has 0 heterocycles. The second-order valence-corrected chi connectivity index (χ2v) is 5.09. The van der Waals surface area contributed by atoms with Gasteiger partial charge in [-0.25, -0.2) is 0 Å². The number of hydrogen-bond acceptors (Lipinski definition) is 3. The van der Waals surface area contributed by atoms with Crippen LogP contribution in [-0.4, -0.2) is 17.4 Å². The number of rotatable bonds is 3. The molecule has 2 amide bonds. The molecule has 5 nitrogen and oxygen atoms in total. The summed E-state index contributed by atoms with van der Waals surface area (Å²) in [5.41, 5.74) is 10.4. The van der Waals surface area contributed by atoms with Crippen LogP contribution in [0.1, 0.15) is 24.2 Å². The van der Waals surface area contributed by atoms with Crippen LogP contribution in [-0.2, 0) is 4.79 Å². The Morgan fingerprint density at radius 3 is 2.41 bits per heavy atom. The third-order valence-corrected chi connectivity index (χ3v) is 2.79. The summed E-state index contributed by atoms with van der Waals surface area (Å²) in [7, 11) is 0. The summed E-state index contributed by atoms with van der Waals surface area (Å²) in [6.07, 6.45) is 0. The van der Waals surface area contributed by atoms with Gasteiger partial charge in [0.1, 0.15) is 5.54 Å². The van der Waals surface area contributed by atoms with Crippen LogP contribution in [0.3, 0.4) is 0 Å². The van der Waals surface area contributed by atoms with Crippen LogP contribution >= 0.6 is 15.9 Å². The zero-order chi connectivity index (χ0) is 13.2. The first-order chi connectivity index (χ1) is 7.74. The van der Waals surface area contributed by atoms with E-state index in [1.807, 2.05) is 0 Å². The molecule has 0 aliphatic rings. The Kier molecular flexibility index (Phi) is 3.77. The highest BCUT2D eigenvalue weighted by Gasteiger charge is 2.27. The highest BCUT2D eigenvalue weighted by Crippen LogP contribution is 2.19. The quantitative estimate of drug-likeness (QED) is 0.727. The average Bonchev–Trinajstić information content (AvgIpc) is 2.15. The molecule has 0 aliphatic heterocycles. The molecule has 1 aromatic rings. The fourth-order valence-electron chi connectivity index (χ4n) is 1.15. The number of nitrogens with two attached hydrogens (primary N) is 2. The Hall–Kier alpha value is -1.56. The SMILES string of the molecule is CC(C)(NC(=O)c1ccc(Br)cc1N)C(N)=O. The molecule has 1 rings (SSSR count). The largest absolute Gasteiger partial charge is 0.398 e. The lowest BCUT2D eigenvalue weighted by molar-refractivity contribution is -0.122. The first kappa shape index (κ1) is 13.5. The van der Waals surface area contributed by atoms with E-state index in [0.717, 1.165) is 4.47 Å². The molecule has 0 atom stereocenters. The Labute approximate surface area is 108 Å². The van der Waals surface area contributed by atoms with E-state index in [1.165, 1.54) is 13.8 Å². The van der Waals surface area contributed by atoms with Gasteiger partial charge in [0.2, 0.25) is 5.91 Å². The van der Waals surface area contributed by atoms with Crippen molar-refractivity contribution in [2.45, 2.75) is 19.4 Å². The van der Waals surface area contributed by atoms with Crippen LogP contribution in [0.5, 0.6) is 0 Å². The minimum Gasteiger partial charge on any atom is -0.398 e. The first-order valence-electron chi connectivity index (χ1n) is 4.91. The molecule has 0 fully saturated rings. The predicted molar refractivity (Wildman–Crippen MR) is 69.3 cm³/mol. The van der Waals surface area contributed by atoms with E-state index < -0.39 is 17.4 Å². The standard InChI is InChI=1S/C11H14BrN3O2/c1-11(2,10(14)17)15-9(16)7-4-3-6(12)5-8(7)13/h3-5H,13H2,1-2H3,(H2,14,17)(H,15,16). The summed E-state index contributed by atoms with van der Waals surface area (Å²) in [5, 5.41) is 2.52. The molecule has 0 aromatic heterocycles. The fraction of sp³-hybridized carbons (Fsp3) is 0.273. The molecule has 17 heavy (non-hydrogen) atoms. The van der Waals surface area contributed by atoms with Crippen molar-refractivity contribution in [1.82, 2.24) is 5.32 Å². The lowest BCUT2D eigenvalue weighted by Crippen LogP contribution is -2.53. The minimum atomic E-state index is -1.11. The number of carbonyl (C=O) groups is 2. The van der Waals surface area contributed by atoms with Gasteiger partial charge in [-0.3, -0.25) is 9.59 Å². The van der Waals surface area contributed by atoms with E-state index >= 15 is 0 Å². The third-order valence-electron chi connectivity index (χ3n) is 2.30. The number of benzene rings is 1. The molecule has 0 spiro atoms. The molecule has 0 radical (unpaired) electrons. The van der Waals surface area contributed by atoms with E-state index in [0.29, 0.717) is 11.3 Å². The normalized spacial score (nSPS) is 11.0. The van der Waals surface area contributed by atoms with Crippen LogP contribution in [0, 0.1) is 0 Å². The molecule has 6 heteroatoms. The second-order valence-electron chi connectivity index (χ2n) is 4.17. The molecule has 0 aliphatic carbocycles. The molecule has 0 unspecified atom stereocenters. The fourth-order valence-corrected chi connectivity index (χ4v) is 1.53. The van der Waals surface area contributed by atoms with Gasteiger partial charge in [0.05, 0.1) is 5.56 Å². The van der Waals surface area contributed by atoms with Crippen molar-refractivity contribution in [3.05, 3.63) is 28.2 Å². The first-order valence-corrected chi connectivity index (χ1v) is 5.71. The van der Waals surface area contributed by atoms with Crippen LogP contribution in [0.15, 0.2) is 22.7 Å². The number of nitrogens with one attached hydrogen (secondary N) is 1. The highest BCUT2D eigenvalue weighted by atomic mass is 79.9. The van der Waals surface area contributed by atoms with Crippen molar-refractivity contribution < 1.29 is 9.59 Å². The maximum absolute atomic E-state index is 11.9. The van der Waals surface area contributed by atoms with Gasteiger partial charge in [-0.1, -0.05) is 15.9 Å². The van der Waals surface area contributed by atoms with E-state index in [1.54, 1.807) is 18.2 Å². The number of nitrogen functional groups attached to an aromatic ring is 1. The Morgan fingerprint density at radius 1 is 1.35 bits per heavy atom. The lowest BCUT2D eigenvalue weighted by Gasteiger charge is -2.22. The molecule has 1 aromatic carbocycles. The Morgan fingerprint density at radius 2 is 1.94 bits per heavy atom. The predicted octanol–water partition coefficient (Wildman–Crippen LogP) is 1.03. The van der Waals surface area contributed by atoms with Gasteiger partial charge in [-0.2, -0.15) is 0 Å². The summed E-state index contributed by atoms with van der Waals surface area (Å²) < 4.78 is 0.778. The van der Waals surface area contributed by atoms with Crippen LogP contribution in [0.4, 0.5) is 5.69 Å². The number of primary amides is 1. The van der Waals surface area contributed by atoms with Gasteiger partial charge in [0.15, 0.2) is 0 Å². The number of carbonyl (C=O) groups excluding carboxylic acids is 2. The maximum atomic E-state index is 11.9. The van der Waals surface area contributed by atoms with Crippen molar-refractivity contribution >= 4 is 33.4 Å². The summed E-state index contributed by atoms with van der Waals surface area (Å²) in [4.78, 5) is 23.0.